The van der Waals surface area contributed by atoms with Crippen molar-refractivity contribution >= 4 is 44.8 Å². The Morgan fingerprint density at radius 1 is 0.971 bits per heavy atom. The zero-order chi connectivity index (χ0) is 23.4. The predicted octanol–water partition coefficient (Wildman–Crippen LogP) is 3.37. The zero-order valence-corrected chi connectivity index (χ0v) is 19.0. The van der Waals surface area contributed by atoms with Crippen LogP contribution in [0.4, 0.5) is 0 Å². The van der Waals surface area contributed by atoms with E-state index >= 15 is 0 Å². The number of ether oxygens (including phenoxy) is 2. The van der Waals surface area contributed by atoms with Crippen LogP contribution in [0, 0.1) is 0 Å². The maximum Gasteiger partial charge on any atom is 0.259 e. The third-order valence-electron chi connectivity index (χ3n) is 6.44. The minimum absolute atomic E-state index is 0.167. The molecule has 6 rings (SSSR count). The topological polar surface area (TPSA) is 88.6 Å². The fraction of sp³-hybridized carbons (Fsp3) is 0.231. The number of amides is 2. The van der Waals surface area contributed by atoms with Gasteiger partial charge in [0.2, 0.25) is 6.79 Å². The van der Waals surface area contributed by atoms with Gasteiger partial charge in [0, 0.05) is 52.4 Å². The molecule has 0 atom stereocenters. The van der Waals surface area contributed by atoms with Crippen LogP contribution in [0.3, 0.4) is 0 Å². The standard InChI is InChI=1S/C26H24N4O4/c1-29(2)8-5-9-30-13-18(16-10-21-22(11-20(16)30)34-14-33-21)24-23(25(31)28-26(24)32)17-12-27-19-7-4-3-6-15(17)19/h3-4,6-7,10-13,27H,5,8-9,14H2,1-2H3,(H,28,31,32). The summed E-state index contributed by atoms with van der Waals surface area (Å²) in [5, 5.41) is 4.26. The van der Waals surface area contributed by atoms with Gasteiger partial charge in [-0.1, -0.05) is 18.2 Å². The molecule has 2 amide bonds. The van der Waals surface area contributed by atoms with Crippen LogP contribution >= 0.6 is 0 Å². The average molecular weight is 457 g/mol. The number of aryl methyl sites for hydroxylation is 1. The van der Waals surface area contributed by atoms with Gasteiger partial charge in [0.15, 0.2) is 11.5 Å². The van der Waals surface area contributed by atoms with Gasteiger partial charge in [0.1, 0.15) is 0 Å². The second-order valence-corrected chi connectivity index (χ2v) is 8.90. The number of fused-ring (bicyclic) bond motifs is 3. The van der Waals surface area contributed by atoms with Crippen LogP contribution in [0.2, 0.25) is 0 Å². The van der Waals surface area contributed by atoms with Gasteiger partial charge < -0.3 is 23.9 Å². The second kappa shape index (κ2) is 7.78. The van der Waals surface area contributed by atoms with Gasteiger partial charge in [0.05, 0.1) is 16.7 Å². The SMILES string of the molecule is CN(C)CCCn1cc(C2=C(c3c[nH]c4ccccc34)C(=O)NC2=O)c2cc3c(cc21)OCO3. The number of imide groups is 1. The highest BCUT2D eigenvalue weighted by molar-refractivity contribution is 6.50. The predicted molar refractivity (Wildman–Crippen MR) is 129 cm³/mol. The van der Waals surface area contributed by atoms with Gasteiger partial charge in [-0.2, -0.15) is 0 Å². The third-order valence-corrected chi connectivity index (χ3v) is 6.44. The van der Waals surface area contributed by atoms with Crippen molar-refractivity contribution < 1.29 is 19.1 Å². The van der Waals surface area contributed by atoms with Crippen LogP contribution in [-0.4, -0.2) is 53.7 Å². The fourth-order valence-corrected chi connectivity index (χ4v) is 4.87. The van der Waals surface area contributed by atoms with Gasteiger partial charge in [-0.05, 0) is 39.2 Å². The molecular weight excluding hydrogens is 432 g/mol. The highest BCUT2D eigenvalue weighted by atomic mass is 16.7. The monoisotopic (exact) mass is 456 g/mol. The van der Waals surface area contributed by atoms with E-state index in [9.17, 15) is 9.59 Å². The summed E-state index contributed by atoms with van der Waals surface area (Å²) in [6.07, 6.45) is 4.70. The molecular formula is C26H24N4O4. The summed E-state index contributed by atoms with van der Waals surface area (Å²) in [4.78, 5) is 31.5. The van der Waals surface area contributed by atoms with Crippen LogP contribution in [0.15, 0.2) is 48.8 Å². The Kier molecular flexibility index (Phi) is 4.70. The number of hydrogen-bond acceptors (Lipinski definition) is 5. The smallest absolute Gasteiger partial charge is 0.259 e. The lowest BCUT2D eigenvalue weighted by Gasteiger charge is -2.10. The van der Waals surface area contributed by atoms with E-state index in [-0.39, 0.29) is 12.7 Å². The van der Waals surface area contributed by atoms with E-state index in [4.69, 9.17) is 9.47 Å². The van der Waals surface area contributed by atoms with E-state index in [0.717, 1.165) is 41.3 Å². The Balaban J connectivity index is 1.58. The lowest BCUT2D eigenvalue weighted by molar-refractivity contribution is -0.122. The Labute approximate surface area is 195 Å². The van der Waals surface area contributed by atoms with Crippen molar-refractivity contribution in [2.75, 3.05) is 27.4 Å². The number of rotatable bonds is 6. The molecule has 0 bridgehead atoms. The summed E-state index contributed by atoms with van der Waals surface area (Å²) in [6, 6.07) is 11.6. The van der Waals surface area contributed by atoms with Crippen LogP contribution in [0.25, 0.3) is 33.0 Å². The number of carbonyl (C=O) groups is 2. The Hall–Kier alpha value is -4.04. The molecule has 34 heavy (non-hydrogen) atoms. The molecule has 2 aliphatic heterocycles. The van der Waals surface area contributed by atoms with Gasteiger partial charge in [-0.25, -0.2) is 0 Å². The van der Waals surface area contributed by atoms with Crippen LogP contribution in [0.5, 0.6) is 11.5 Å². The first-order chi connectivity index (χ1) is 16.5. The van der Waals surface area contributed by atoms with E-state index < -0.39 is 5.91 Å². The molecule has 0 fully saturated rings. The maximum absolute atomic E-state index is 13.1. The Bertz CT molecular complexity index is 1510. The molecule has 0 saturated carbocycles. The lowest BCUT2D eigenvalue weighted by Crippen LogP contribution is -2.22. The van der Waals surface area contributed by atoms with Crippen molar-refractivity contribution in [3.63, 3.8) is 0 Å². The molecule has 0 saturated heterocycles. The molecule has 2 N–H and O–H groups in total. The number of H-pyrrole nitrogens is 1. The highest BCUT2D eigenvalue weighted by Gasteiger charge is 2.35. The van der Waals surface area contributed by atoms with Crippen molar-refractivity contribution in [3.05, 3.63) is 59.9 Å². The normalized spacial score (nSPS) is 15.4. The quantitative estimate of drug-likeness (QED) is 0.435. The van der Waals surface area contributed by atoms with Gasteiger partial charge in [0.25, 0.3) is 11.8 Å². The molecule has 2 aliphatic rings. The van der Waals surface area contributed by atoms with Crippen molar-refractivity contribution in [1.82, 2.24) is 19.8 Å². The first-order valence-electron chi connectivity index (χ1n) is 11.3. The van der Waals surface area contributed by atoms with Gasteiger partial charge in [-0.3, -0.25) is 14.9 Å². The van der Waals surface area contributed by atoms with E-state index in [1.165, 1.54) is 0 Å². The summed E-state index contributed by atoms with van der Waals surface area (Å²) in [5.74, 6) is 0.539. The Morgan fingerprint density at radius 3 is 2.50 bits per heavy atom. The first kappa shape index (κ1) is 20.6. The zero-order valence-electron chi connectivity index (χ0n) is 19.0. The van der Waals surface area contributed by atoms with Crippen LogP contribution in [0.1, 0.15) is 17.5 Å². The van der Waals surface area contributed by atoms with Crippen molar-refractivity contribution in [2.24, 2.45) is 0 Å². The number of aromatic amines is 1. The lowest BCUT2D eigenvalue weighted by atomic mass is 9.95. The maximum atomic E-state index is 13.1. The molecule has 2 aromatic carbocycles. The number of benzene rings is 2. The molecule has 4 heterocycles. The van der Waals surface area contributed by atoms with Crippen molar-refractivity contribution in [2.45, 2.75) is 13.0 Å². The number of carbonyl (C=O) groups excluding carboxylic acids is 2. The van der Waals surface area contributed by atoms with E-state index in [2.05, 4.69) is 19.8 Å². The molecule has 8 nitrogen and oxygen atoms in total. The third kappa shape index (κ3) is 3.18. The summed E-state index contributed by atoms with van der Waals surface area (Å²) < 4.78 is 13.4. The van der Waals surface area contributed by atoms with E-state index in [1.807, 2.05) is 56.7 Å². The van der Waals surface area contributed by atoms with Gasteiger partial charge >= 0.3 is 0 Å². The molecule has 4 aromatic rings. The summed E-state index contributed by atoms with van der Waals surface area (Å²) in [5.41, 5.74) is 4.03. The summed E-state index contributed by atoms with van der Waals surface area (Å²) in [7, 11) is 4.09. The van der Waals surface area contributed by atoms with E-state index in [0.29, 0.717) is 33.8 Å². The number of aromatic nitrogens is 2. The van der Waals surface area contributed by atoms with Gasteiger partial charge in [-0.15, -0.1) is 0 Å². The number of nitrogens with one attached hydrogen (secondary N) is 2. The van der Waals surface area contributed by atoms with Crippen molar-refractivity contribution in [3.8, 4) is 11.5 Å². The number of para-hydroxylation sites is 1. The first-order valence-corrected chi connectivity index (χ1v) is 11.3. The molecule has 0 spiro atoms. The summed E-state index contributed by atoms with van der Waals surface area (Å²) >= 11 is 0. The molecule has 0 unspecified atom stereocenters. The molecule has 8 heteroatoms. The summed E-state index contributed by atoms with van der Waals surface area (Å²) in [6.45, 7) is 1.86. The van der Waals surface area contributed by atoms with E-state index in [1.54, 1.807) is 6.20 Å². The minimum atomic E-state index is -0.393. The number of hydrogen-bond donors (Lipinski definition) is 2. The molecule has 2 aromatic heterocycles. The minimum Gasteiger partial charge on any atom is -0.454 e. The highest BCUT2D eigenvalue weighted by Crippen LogP contribution is 2.42. The fourth-order valence-electron chi connectivity index (χ4n) is 4.87. The number of nitrogens with zero attached hydrogens (tertiary/aromatic N) is 2. The second-order valence-electron chi connectivity index (χ2n) is 8.90. The average Bonchev–Trinajstić information content (AvgIpc) is 3.57. The van der Waals surface area contributed by atoms with Crippen LogP contribution in [-0.2, 0) is 16.1 Å². The molecule has 0 radical (unpaired) electrons. The Morgan fingerprint density at radius 2 is 1.71 bits per heavy atom. The molecule has 0 aliphatic carbocycles. The molecule has 172 valence electrons. The van der Waals surface area contributed by atoms with Crippen LogP contribution < -0.4 is 14.8 Å². The largest absolute Gasteiger partial charge is 0.454 e. The van der Waals surface area contributed by atoms with Crippen molar-refractivity contribution in [1.29, 1.82) is 0 Å².